The molecule has 19 heavy (non-hydrogen) atoms. The van der Waals surface area contributed by atoms with Gasteiger partial charge in [0.1, 0.15) is 0 Å². The van der Waals surface area contributed by atoms with Crippen molar-refractivity contribution in [1.29, 1.82) is 0 Å². The standard InChI is InChI=1S/C15H21F2NO/c16-15(17)12-7-5-11(6-8-12)9-18-14-4-2-1-3-13(14)10-19/h5-8,13-15,18-19H,1-4,9-10H2. The summed E-state index contributed by atoms with van der Waals surface area (Å²) in [5.74, 6) is 0.328. The summed E-state index contributed by atoms with van der Waals surface area (Å²) in [6.07, 6.45) is 2.13. The number of benzene rings is 1. The zero-order chi connectivity index (χ0) is 13.7. The van der Waals surface area contributed by atoms with Crippen LogP contribution in [0, 0.1) is 5.92 Å². The van der Waals surface area contributed by atoms with E-state index >= 15 is 0 Å². The number of nitrogens with one attached hydrogen (secondary N) is 1. The van der Waals surface area contributed by atoms with Crippen molar-refractivity contribution >= 4 is 0 Å². The highest BCUT2D eigenvalue weighted by Gasteiger charge is 2.23. The van der Waals surface area contributed by atoms with E-state index in [9.17, 15) is 13.9 Å². The van der Waals surface area contributed by atoms with E-state index in [1.807, 2.05) is 0 Å². The first-order chi connectivity index (χ1) is 9.20. The van der Waals surface area contributed by atoms with Gasteiger partial charge in [-0.2, -0.15) is 0 Å². The number of halogens is 2. The van der Waals surface area contributed by atoms with Crippen molar-refractivity contribution in [2.24, 2.45) is 5.92 Å². The number of aliphatic hydroxyl groups is 1. The smallest absolute Gasteiger partial charge is 0.263 e. The maximum Gasteiger partial charge on any atom is 0.263 e. The lowest BCUT2D eigenvalue weighted by molar-refractivity contribution is 0.150. The van der Waals surface area contributed by atoms with Crippen molar-refractivity contribution in [3.05, 3.63) is 35.4 Å². The van der Waals surface area contributed by atoms with Gasteiger partial charge in [-0.15, -0.1) is 0 Å². The number of aliphatic hydroxyl groups excluding tert-OH is 1. The molecule has 0 aromatic heterocycles. The number of hydrogen-bond acceptors (Lipinski definition) is 2. The van der Waals surface area contributed by atoms with Crippen LogP contribution in [-0.2, 0) is 6.54 Å². The number of hydrogen-bond donors (Lipinski definition) is 2. The minimum Gasteiger partial charge on any atom is -0.396 e. The zero-order valence-electron chi connectivity index (χ0n) is 11.0. The van der Waals surface area contributed by atoms with Gasteiger partial charge in [-0.1, -0.05) is 37.1 Å². The molecule has 0 aliphatic heterocycles. The molecule has 4 heteroatoms. The molecule has 1 aromatic carbocycles. The topological polar surface area (TPSA) is 32.3 Å². The van der Waals surface area contributed by atoms with Crippen molar-refractivity contribution in [2.75, 3.05) is 6.61 Å². The third-order valence-electron chi connectivity index (χ3n) is 3.94. The SMILES string of the molecule is OCC1CCCCC1NCc1ccc(C(F)F)cc1. The second kappa shape index (κ2) is 6.96. The average Bonchev–Trinajstić information content (AvgIpc) is 2.45. The van der Waals surface area contributed by atoms with Crippen LogP contribution in [0.5, 0.6) is 0 Å². The Bertz CT molecular complexity index is 380. The Labute approximate surface area is 112 Å². The second-order valence-electron chi connectivity index (χ2n) is 5.26. The Morgan fingerprint density at radius 2 is 1.84 bits per heavy atom. The minimum absolute atomic E-state index is 0.0645. The molecule has 2 nitrogen and oxygen atoms in total. The summed E-state index contributed by atoms with van der Waals surface area (Å²) in [6, 6.07) is 6.78. The van der Waals surface area contributed by atoms with Crippen molar-refractivity contribution in [2.45, 2.75) is 44.7 Å². The molecule has 0 amide bonds. The maximum atomic E-state index is 12.4. The van der Waals surface area contributed by atoms with Gasteiger partial charge in [0.05, 0.1) is 0 Å². The Balaban J connectivity index is 1.87. The van der Waals surface area contributed by atoms with Crippen LogP contribution in [0.15, 0.2) is 24.3 Å². The molecule has 0 bridgehead atoms. The van der Waals surface area contributed by atoms with E-state index in [-0.39, 0.29) is 12.2 Å². The first kappa shape index (κ1) is 14.4. The molecular weight excluding hydrogens is 248 g/mol. The molecule has 0 saturated heterocycles. The Morgan fingerprint density at radius 1 is 1.16 bits per heavy atom. The first-order valence-electron chi connectivity index (χ1n) is 6.92. The summed E-state index contributed by atoms with van der Waals surface area (Å²) in [7, 11) is 0. The van der Waals surface area contributed by atoms with E-state index < -0.39 is 6.43 Å². The molecule has 2 atom stereocenters. The zero-order valence-corrected chi connectivity index (χ0v) is 11.0. The highest BCUT2D eigenvalue weighted by molar-refractivity contribution is 5.23. The van der Waals surface area contributed by atoms with Gasteiger partial charge < -0.3 is 10.4 Å². The van der Waals surface area contributed by atoms with Crippen LogP contribution in [0.3, 0.4) is 0 Å². The molecule has 2 rings (SSSR count). The quantitative estimate of drug-likeness (QED) is 0.860. The van der Waals surface area contributed by atoms with Crippen molar-refractivity contribution < 1.29 is 13.9 Å². The van der Waals surface area contributed by atoms with Gasteiger partial charge in [0.25, 0.3) is 6.43 Å². The Kier molecular flexibility index (Phi) is 5.28. The molecule has 1 aliphatic carbocycles. The van der Waals surface area contributed by atoms with Gasteiger partial charge in [0, 0.05) is 24.8 Å². The minimum atomic E-state index is -2.40. The van der Waals surface area contributed by atoms with Gasteiger partial charge in [-0.25, -0.2) is 8.78 Å². The average molecular weight is 269 g/mol. The third kappa shape index (κ3) is 3.98. The van der Waals surface area contributed by atoms with E-state index in [1.165, 1.54) is 25.0 Å². The molecule has 1 aliphatic rings. The van der Waals surface area contributed by atoms with Gasteiger partial charge in [-0.3, -0.25) is 0 Å². The van der Waals surface area contributed by atoms with Crippen LogP contribution in [0.25, 0.3) is 0 Å². The van der Waals surface area contributed by atoms with Crippen LogP contribution in [-0.4, -0.2) is 17.8 Å². The summed E-state index contributed by atoms with van der Waals surface area (Å²) < 4.78 is 24.9. The van der Waals surface area contributed by atoms with E-state index in [0.29, 0.717) is 18.5 Å². The monoisotopic (exact) mass is 269 g/mol. The highest BCUT2D eigenvalue weighted by Crippen LogP contribution is 2.24. The van der Waals surface area contributed by atoms with E-state index in [2.05, 4.69) is 5.32 Å². The van der Waals surface area contributed by atoms with Gasteiger partial charge in [-0.05, 0) is 24.3 Å². The maximum absolute atomic E-state index is 12.4. The lowest BCUT2D eigenvalue weighted by Crippen LogP contribution is -2.39. The van der Waals surface area contributed by atoms with Crippen molar-refractivity contribution in [3.63, 3.8) is 0 Å². The first-order valence-corrected chi connectivity index (χ1v) is 6.92. The Hall–Kier alpha value is -1.00. The molecule has 2 N–H and O–H groups in total. The second-order valence-corrected chi connectivity index (χ2v) is 5.26. The summed E-state index contributed by atoms with van der Waals surface area (Å²) in [6.45, 7) is 0.896. The normalized spacial score (nSPS) is 23.8. The molecule has 0 radical (unpaired) electrons. The Morgan fingerprint density at radius 3 is 2.47 bits per heavy atom. The molecule has 1 saturated carbocycles. The van der Waals surface area contributed by atoms with Crippen molar-refractivity contribution in [1.82, 2.24) is 5.32 Å². The van der Waals surface area contributed by atoms with Crippen molar-refractivity contribution in [3.8, 4) is 0 Å². The van der Waals surface area contributed by atoms with Gasteiger partial charge in [0.2, 0.25) is 0 Å². The molecule has 0 spiro atoms. The third-order valence-corrected chi connectivity index (χ3v) is 3.94. The predicted molar refractivity (Wildman–Crippen MR) is 71.1 cm³/mol. The lowest BCUT2D eigenvalue weighted by Gasteiger charge is -2.31. The summed E-state index contributed by atoms with van der Waals surface area (Å²) >= 11 is 0. The summed E-state index contributed by atoms with van der Waals surface area (Å²) in [4.78, 5) is 0. The van der Waals surface area contributed by atoms with Gasteiger partial charge >= 0.3 is 0 Å². The fraction of sp³-hybridized carbons (Fsp3) is 0.600. The molecule has 1 aromatic rings. The number of rotatable bonds is 5. The fourth-order valence-corrected chi connectivity index (χ4v) is 2.72. The van der Waals surface area contributed by atoms with Crippen LogP contribution >= 0.6 is 0 Å². The van der Waals surface area contributed by atoms with E-state index in [0.717, 1.165) is 18.4 Å². The summed E-state index contributed by atoms with van der Waals surface area (Å²) in [5.41, 5.74) is 1.07. The van der Waals surface area contributed by atoms with E-state index in [1.54, 1.807) is 12.1 Å². The highest BCUT2D eigenvalue weighted by atomic mass is 19.3. The largest absolute Gasteiger partial charge is 0.396 e. The molecule has 0 heterocycles. The molecule has 1 fully saturated rings. The summed E-state index contributed by atoms with van der Waals surface area (Å²) in [5, 5.41) is 12.8. The van der Waals surface area contributed by atoms with Crippen LogP contribution in [0.4, 0.5) is 8.78 Å². The molecular formula is C15H21F2NO. The van der Waals surface area contributed by atoms with Crippen LogP contribution in [0.1, 0.15) is 43.2 Å². The lowest BCUT2D eigenvalue weighted by atomic mass is 9.85. The van der Waals surface area contributed by atoms with Gasteiger partial charge in [0.15, 0.2) is 0 Å². The van der Waals surface area contributed by atoms with E-state index in [4.69, 9.17) is 0 Å². The fourth-order valence-electron chi connectivity index (χ4n) is 2.72. The number of alkyl halides is 2. The predicted octanol–water partition coefficient (Wildman–Crippen LogP) is 3.26. The van der Waals surface area contributed by atoms with Crippen LogP contribution in [0.2, 0.25) is 0 Å². The van der Waals surface area contributed by atoms with Crippen LogP contribution < -0.4 is 5.32 Å². The molecule has 2 unspecified atom stereocenters. The molecule has 106 valence electrons.